The Morgan fingerprint density at radius 3 is 2.48 bits per heavy atom. The summed E-state index contributed by atoms with van der Waals surface area (Å²) in [6.07, 6.45) is 4.79. The van der Waals surface area contributed by atoms with E-state index in [1.807, 2.05) is 30.3 Å². The van der Waals surface area contributed by atoms with Crippen LogP contribution in [-0.4, -0.2) is 32.7 Å². The number of amides is 1. The molecule has 0 unspecified atom stereocenters. The molecule has 0 aliphatic heterocycles. The fraction of sp³-hybridized carbons (Fsp3) is 0.286. The van der Waals surface area contributed by atoms with Crippen LogP contribution in [0.5, 0.6) is 11.5 Å². The number of rotatable bonds is 10. The van der Waals surface area contributed by atoms with Gasteiger partial charge in [0.15, 0.2) is 0 Å². The molecule has 0 spiro atoms. The number of ether oxygens (including phenoxy) is 2. The van der Waals surface area contributed by atoms with Crippen LogP contribution >= 0.6 is 47.8 Å². The molecule has 0 aliphatic rings. The normalized spacial score (nSPS) is 10.9. The molecule has 8 heteroatoms. The zero-order chi connectivity index (χ0) is 21.2. The van der Waals surface area contributed by atoms with Crippen molar-refractivity contribution in [3.8, 4) is 11.5 Å². The molecule has 2 aromatic rings. The van der Waals surface area contributed by atoms with Crippen LogP contribution in [0.15, 0.2) is 49.8 Å². The van der Waals surface area contributed by atoms with E-state index in [0.29, 0.717) is 26.1 Å². The summed E-state index contributed by atoms with van der Waals surface area (Å²) in [6, 6.07) is 9.63. The molecule has 29 heavy (non-hydrogen) atoms. The minimum absolute atomic E-state index is 0.142. The van der Waals surface area contributed by atoms with Gasteiger partial charge < -0.3 is 20.5 Å². The van der Waals surface area contributed by atoms with Gasteiger partial charge in [-0.25, -0.2) is 0 Å². The van der Waals surface area contributed by atoms with Crippen molar-refractivity contribution in [3.63, 3.8) is 0 Å². The molecule has 0 fully saturated rings. The number of nitrogens with two attached hydrogens (primary N) is 1. The van der Waals surface area contributed by atoms with Gasteiger partial charge in [-0.3, -0.25) is 4.79 Å². The van der Waals surface area contributed by atoms with Gasteiger partial charge in [0.2, 0.25) is 5.91 Å². The zero-order valence-corrected chi connectivity index (χ0v) is 20.8. The standard InChI is InChI=1S/C21H23Br3N2O3/c1-28-19-5-3-14(11-16(19)22)4-6-20(27)26-9-7-15-12-17(23)21(18(24)13-15)29-10-2-8-25/h3-6,11-13H,2,7-10,25H2,1H3,(H,26,27)/b6-4+. The van der Waals surface area contributed by atoms with Crippen LogP contribution in [-0.2, 0) is 11.2 Å². The van der Waals surface area contributed by atoms with Gasteiger partial charge in [-0.2, -0.15) is 0 Å². The molecule has 156 valence electrons. The molecule has 1 amide bonds. The summed E-state index contributed by atoms with van der Waals surface area (Å²) in [5.74, 6) is 1.37. The van der Waals surface area contributed by atoms with Crippen LogP contribution in [0.3, 0.4) is 0 Å². The van der Waals surface area contributed by atoms with E-state index in [1.165, 1.54) is 6.08 Å². The Bertz CT molecular complexity index is 849. The average Bonchev–Trinajstić information content (AvgIpc) is 2.68. The van der Waals surface area contributed by atoms with Gasteiger partial charge in [0.05, 0.1) is 27.1 Å². The highest BCUT2D eigenvalue weighted by Crippen LogP contribution is 2.35. The third-order valence-electron chi connectivity index (χ3n) is 3.97. The maximum Gasteiger partial charge on any atom is 0.244 e. The first-order valence-corrected chi connectivity index (χ1v) is 11.4. The van der Waals surface area contributed by atoms with E-state index in [4.69, 9.17) is 15.2 Å². The van der Waals surface area contributed by atoms with Crippen molar-refractivity contribution in [3.05, 3.63) is 61.0 Å². The topological polar surface area (TPSA) is 73.6 Å². The SMILES string of the molecule is COc1ccc(/C=C/C(=O)NCCc2cc(Br)c(OCCCN)c(Br)c2)cc1Br. The van der Waals surface area contributed by atoms with Crippen molar-refractivity contribution < 1.29 is 14.3 Å². The molecule has 0 atom stereocenters. The van der Waals surface area contributed by atoms with E-state index in [-0.39, 0.29) is 5.91 Å². The Labute approximate surface area is 196 Å². The quantitative estimate of drug-likeness (QED) is 0.299. The molecular formula is C21H23Br3N2O3. The first kappa shape index (κ1) is 23.9. The maximum atomic E-state index is 12.1. The number of methoxy groups -OCH3 is 1. The Kier molecular flexibility index (Phi) is 10.2. The summed E-state index contributed by atoms with van der Waals surface area (Å²) in [5.41, 5.74) is 7.49. The minimum atomic E-state index is -0.142. The van der Waals surface area contributed by atoms with Gasteiger partial charge >= 0.3 is 0 Å². The second kappa shape index (κ2) is 12.4. The van der Waals surface area contributed by atoms with Crippen LogP contribution in [0, 0.1) is 0 Å². The van der Waals surface area contributed by atoms with Crippen molar-refractivity contribution in [1.29, 1.82) is 0 Å². The van der Waals surface area contributed by atoms with Crippen molar-refractivity contribution in [2.75, 3.05) is 26.8 Å². The fourth-order valence-corrected chi connectivity index (χ4v) is 4.57. The second-order valence-electron chi connectivity index (χ2n) is 6.15. The van der Waals surface area contributed by atoms with E-state index in [9.17, 15) is 4.79 Å². The Balaban J connectivity index is 1.86. The van der Waals surface area contributed by atoms with Crippen molar-refractivity contribution in [1.82, 2.24) is 5.32 Å². The van der Waals surface area contributed by atoms with Gasteiger partial charge in [-0.1, -0.05) is 6.07 Å². The lowest BCUT2D eigenvalue weighted by Crippen LogP contribution is -2.23. The lowest BCUT2D eigenvalue weighted by atomic mass is 10.1. The van der Waals surface area contributed by atoms with Gasteiger partial charge in [0.1, 0.15) is 11.5 Å². The predicted molar refractivity (Wildman–Crippen MR) is 127 cm³/mol. The number of carbonyl (C=O) groups is 1. The number of nitrogens with one attached hydrogen (secondary N) is 1. The van der Waals surface area contributed by atoms with Crippen LogP contribution in [0.2, 0.25) is 0 Å². The second-order valence-corrected chi connectivity index (χ2v) is 8.71. The molecule has 0 saturated carbocycles. The smallest absolute Gasteiger partial charge is 0.244 e. The lowest BCUT2D eigenvalue weighted by molar-refractivity contribution is -0.116. The number of halogens is 3. The molecule has 0 heterocycles. The molecule has 3 N–H and O–H groups in total. The summed E-state index contributed by atoms with van der Waals surface area (Å²) >= 11 is 10.5. The van der Waals surface area contributed by atoms with Crippen LogP contribution in [0.4, 0.5) is 0 Å². The zero-order valence-electron chi connectivity index (χ0n) is 16.0. The summed E-state index contributed by atoms with van der Waals surface area (Å²) < 4.78 is 13.5. The van der Waals surface area contributed by atoms with Gasteiger partial charge in [-0.05, 0) is 109 Å². The number of hydrogen-bond donors (Lipinski definition) is 2. The highest BCUT2D eigenvalue weighted by Gasteiger charge is 2.09. The van der Waals surface area contributed by atoms with Gasteiger partial charge in [0, 0.05) is 12.6 Å². The summed E-state index contributed by atoms with van der Waals surface area (Å²) in [4.78, 5) is 12.1. The number of hydrogen-bond acceptors (Lipinski definition) is 4. The summed E-state index contributed by atoms with van der Waals surface area (Å²) in [6.45, 7) is 1.69. The Hall–Kier alpha value is -1.35. The van der Waals surface area contributed by atoms with E-state index in [1.54, 1.807) is 13.2 Å². The Morgan fingerprint density at radius 1 is 1.14 bits per heavy atom. The molecule has 2 rings (SSSR count). The van der Waals surface area contributed by atoms with Crippen molar-refractivity contribution in [2.45, 2.75) is 12.8 Å². The third-order valence-corrected chi connectivity index (χ3v) is 5.77. The minimum Gasteiger partial charge on any atom is -0.496 e. The largest absolute Gasteiger partial charge is 0.496 e. The highest BCUT2D eigenvalue weighted by molar-refractivity contribution is 9.11. The van der Waals surface area contributed by atoms with Gasteiger partial charge in [0.25, 0.3) is 0 Å². The fourth-order valence-electron chi connectivity index (χ4n) is 2.50. The van der Waals surface area contributed by atoms with Crippen LogP contribution in [0.25, 0.3) is 6.08 Å². The molecular weight excluding hydrogens is 568 g/mol. The first-order valence-electron chi connectivity index (χ1n) is 9.05. The third kappa shape index (κ3) is 7.77. The summed E-state index contributed by atoms with van der Waals surface area (Å²) in [7, 11) is 1.61. The molecule has 2 aromatic carbocycles. The van der Waals surface area contributed by atoms with Crippen molar-refractivity contribution >= 4 is 59.8 Å². The predicted octanol–water partition coefficient (Wildman–Crippen LogP) is 5.08. The number of benzene rings is 2. The van der Waals surface area contributed by atoms with E-state index in [0.717, 1.165) is 42.5 Å². The van der Waals surface area contributed by atoms with Gasteiger partial charge in [-0.15, -0.1) is 0 Å². The molecule has 5 nitrogen and oxygen atoms in total. The highest BCUT2D eigenvalue weighted by atomic mass is 79.9. The molecule has 0 aliphatic carbocycles. The van der Waals surface area contributed by atoms with Crippen LogP contribution in [0.1, 0.15) is 17.5 Å². The lowest BCUT2D eigenvalue weighted by Gasteiger charge is -2.12. The van der Waals surface area contributed by atoms with Crippen molar-refractivity contribution in [2.24, 2.45) is 5.73 Å². The van der Waals surface area contributed by atoms with E-state index >= 15 is 0 Å². The maximum absolute atomic E-state index is 12.1. The first-order chi connectivity index (χ1) is 13.9. The molecule has 0 saturated heterocycles. The van der Waals surface area contributed by atoms with Crippen LogP contribution < -0.4 is 20.5 Å². The van der Waals surface area contributed by atoms with E-state index in [2.05, 4.69) is 53.1 Å². The molecule has 0 bridgehead atoms. The molecule has 0 aromatic heterocycles. The molecule has 0 radical (unpaired) electrons. The monoisotopic (exact) mass is 588 g/mol. The number of carbonyl (C=O) groups excluding carboxylic acids is 1. The Morgan fingerprint density at radius 2 is 1.86 bits per heavy atom. The van der Waals surface area contributed by atoms with E-state index < -0.39 is 0 Å². The average molecular weight is 591 g/mol. The summed E-state index contributed by atoms with van der Waals surface area (Å²) in [5, 5.41) is 2.90.